The van der Waals surface area contributed by atoms with Gasteiger partial charge in [-0.25, -0.2) is 9.07 Å². The van der Waals surface area contributed by atoms with Gasteiger partial charge >= 0.3 is 6.18 Å². The maximum atomic E-state index is 15.2. The van der Waals surface area contributed by atoms with Crippen molar-refractivity contribution in [2.45, 2.75) is 69.5 Å². The van der Waals surface area contributed by atoms with Crippen LogP contribution in [-0.4, -0.2) is 30.0 Å². The van der Waals surface area contributed by atoms with Gasteiger partial charge in [0.2, 0.25) is 0 Å². The van der Waals surface area contributed by atoms with Gasteiger partial charge in [0.1, 0.15) is 16.3 Å². The number of carbonyl (C=O) groups excluding carboxylic acids is 1. The van der Waals surface area contributed by atoms with Gasteiger partial charge in [0.15, 0.2) is 5.69 Å². The van der Waals surface area contributed by atoms with E-state index in [0.29, 0.717) is 29.5 Å². The number of hydrogen-bond donors (Lipinski definition) is 3. The summed E-state index contributed by atoms with van der Waals surface area (Å²) in [6.45, 7) is 5.64. The molecule has 1 amide bonds. The normalized spacial score (nSPS) is 15.8. The molecular formula is C33H36F4N6O2S. The van der Waals surface area contributed by atoms with Crippen molar-refractivity contribution in [1.82, 2.24) is 19.5 Å². The SMILES string of the molecule is CC(C)(C)[S+]([O-])N[C@H](C[C@@H](c1cccnc1)C1CC1)c1ccc(F)c(NC(=O)c2cc(C(F)(F)F)nn2-c2cccc(CN)c2)c1. The van der Waals surface area contributed by atoms with E-state index in [0.717, 1.165) is 23.1 Å². The molecule has 0 radical (unpaired) electrons. The Morgan fingerprint density at radius 3 is 2.48 bits per heavy atom. The van der Waals surface area contributed by atoms with E-state index >= 15 is 4.39 Å². The van der Waals surface area contributed by atoms with Crippen LogP contribution < -0.4 is 15.8 Å². The lowest BCUT2D eigenvalue weighted by molar-refractivity contribution is -0.141. The van der Waals surface area contributed by atoms with Crippen molar-refractivity contribution in [1.29, 1.82) is 0 Å². The number of amides is 1. The van der Waals surface area contributed by atoms with Crippen LogP contribution in [0, 0.1) is 11.7 Å². The molecule has 5 rings (SSSR count). The molecule has 0 spiro atoms. The lowest BCUT2D eigenvalue weighted by atomic mass is 9.87. The predicted octanol–water partition coefficient (Wildman–Crippen LogP) is 6.81. The Bertz CT molecular complexity index is 1670. The van der Waals surface area contributed by atoms with Crippen molar-refractivity contribution in [3.8, 4) is 5.69 Å². The Balaban J connectivity index is 1.49. The minimum Gasteiger partial charge on any atom is -0.598 e. The average Bonchev–Trinajstić information content (AvgIpc) is 3.75. The summed E-state index contributed by atoms with van der Waals surface area (Å²) in [4.78, 5) is 17.8. The summed E-state index contributed by atoms with van der Waals surface area (Å²) in [5, 5.41) is 6.09. The summed E-state index contributed by atoms with van der Waals surface area (Å²) < 4.78 is 73.1. The smallest absolute Gasteiger partial charge is 0.435 e. The van der Waals surface area contributed by atoms with E-state index in [1.807, 2.05) is 39.1 Å². The highest BCUT2D eigenvalue weighted by Crippen LogP contribution is 2.47. The first-order valence-electron chi connectivity index (χ1n) is 14.9. The zero-order valence-electron chi connectivity index (χ0n) is 25.6. The molecule has 2 heterocycles. The second-order valence-corrected chi connectivity index (χ2v) is 14.4. The molecule has 0 aliphatic heterocycles. The maximum Gasteiger partial charge on any atom is 0.435 e. The summed E-state index contributed by atoms with van der Waals surface area (Å²) in [7, 11) is 0. The second kappa shape index (κ2) is 13.5. The lowest BCUT2D eigenvalue weighted by Crippen LogP contribution is -2.41. The molecule has 46 heavy (non-hydrogen) atoms. The van der Waals surface area contributed by atoms with Crippen molar-refractivity contribution >= 4 is 23.0 Å². The number of hydrogen-bond acceptors (Lipinski definition) is 6. The Labute approximate surface area is 268 Å². The van der Waals surface area contributed by atoms with Gasteiger partial charge in [0.05, 0.1) is 17.4 Å². The summed E-state index contributed by atoms with van der Waals surface area (Å²) >= 11 is -1.49. The van der Waals surface area contributed by atoms with Crippen molar-refractivity contribution in [2.75, 3.05) is 5.32 Å². The number of aromatic nitrogens is 3. The van der Waals surface area contributed by atoms with E-state index in [9.17, 15) is 22.5 Å². The molecule has 2 aromatic heterocycles. The van der Waals surface area contributed by atoms with Crippen LogP contribution in [0.25, 0.3) is 5.69 Å². The van der Waals surface area contributed by atoms with Crippen molar-refractivity contribution in [3.63, 3.8) is 0 Å². The molecule has 1 unspecified atom stereocenters. The highest BCUT2D eigenvalue weighted by Gasteiger charge is 2.38. The van der Waals surface area contributed by atoms with Gasteiger partial charge in [-0.15, -0.1) is 4.72 Å². The maximum absolute atomic E-state index is 15.2. The zero-order valence-corrected chi connectivity index (χ0v) is 26.5. The van der Waals surface area contributed by atoms with Crippen molar-refractivity contribution in [3.05, 3.63) is 107 Å². The van der Waals surface area contributed by atoms with E-state index < -0.39 is 51.4 Å². The molecule has 13 heteroatoms. The standard InChI is InChI=1S/C33H36F4N6O2S/c1-32(2,3)46(45)42-27(16-25(21-9-10-21)23-7-5-13-39-19-23)22-11-12-26(34)28(15-22)40-31(44)29-17-30(33(35,36)37)41-43(29)24-8-4-6-20(14-24)18-38/h4-8,11-15,17,19,21,25,27,42H,9-10,16,18,38H2,1-3H3,(H,40,44)/t25-,27-,46?/m1/s1. The quantitative estimate of drug-likeness (QED) is 0.121. The Morgan fingerprint density at radius 2 is 1.85 bits per heavy atom. The van der Waals surface area contributed by atoms with Crippen LogP contribution in [0.3, 0.4) is 0 Å². The first kappa shape index (κ1) is 33.6. The van der Waals surface area contributed by atoms with Crippen LogP contribution in [0.2, 0.25) is 0 Å². The fourth-order valence-electron chi connectivity index (χ4n) is 5.24. The highest BCUT2D eigenvalue weighted by atomic mass is 32.2. The molecule has 3 atom stereocenters. The number of nitrogens with two attached hydrogens (primary N) is 1. The van der Waals surface area contributed by atoms with E-state index in [4.69, 9.17) is 5.73 Å². The number of alkyl halides is 3. The predicted molar refractivity (Wildman–Crippen MR) is 169 cm³/mol. The van der Waals surface area contributed by atoms with Crippen LogP contribution in [-0.2, 0) is 24.1 Å². The number of nitrogens with one attached hydrogen (secondary N) is 2. The Hall–Kier alpha value is -3.78. The Morgan fingerprint density at radius 1 is 1.09 bits per heavy atom. The van der Waals surface area contributed by atoms with Crippen LogP contribution in [0.1, 0.15) is 84.9 Å². The molecule has 4 aromatic rings. The summed E-state index contributed by atoms with van der Waals surface area (Å²) in [6, 6.07) is 14.4. The largest absolute Gasteiger partial charge is 0.598 e. The van der Waals surface area contributed by atoms with Gasteiger partial charge in [0, 0.05) is 36.4 Å². The number of halogens is 4. The third-order valence-corrected chi connectivity index (χ3v) is 9.47. The van der Waals surface area contributed by atoms with Gasteiger partial charge in [-0.1, -0.05) is 24.3 Å². The van der Waals surface area contributed by atoms with Gasteiger partial charge in [-0.3, -0.25) is 9.78 Å². The van der Waals surface area contributed by atoms with Gasteiger partial charge in [-0.2, -0.15) is 18.3 Å². The zero-order chi connectivity index (χ0) is 33.2. The molecule has 1 saturated carbocycles. The topological polar surface area (TPSA) is 121 Å². The molecule has 4 N–H and O–H groups in total. The molecule has 2 aromatic carbocycles. The summed E-state index contributed by atoms with van der Waals surface area (Å²) in [5.41, 5.74) is 6.15. The molecule has 1 fully saturated rings. The highest BCUT2D eigenvalue weighted by molar-refractivity contribution is 7.90. The van der Waals surface area contributed by atoms with Crippen LogP contribution in [0.5, 0.6) is 0 Å². The fourth-order valence-corrected chi connectivity index (χ4v) is 6.09. The number of nitrogens with zero attached hydrogens (tertiary/aromatic N) is 3. The molecule has 1 aliphatic rings. The number of rotatable bonds is 11. The minimum atomic E-state index is -4.83. The van der Waals surface area contributed by atoms with Crippen LogP contribution in [0.4, 0.5) is 23.2 Å². The van der Waals surface area contributed by atoms with Crippen molar-refractivity contribution < 1.29 is 26.9 Å². The Kier molecular flexibility index (Phi) is 9.87. The van der Waals surface area contributed by atoms with Crippen molar-refractivity contribution in [2.24, 2.45) is 11.7 Å². The molecule has 0 bridgehead atoms. The monoisotopic (exact) mass is 656 g/mol. The third-order valence-electron chi connectivity index (χ3n) is 7.86. The van der Waals surface area contributed by atoms with E-state index in [-0.39, 0.29) is 23.8 Å². The summed E-state index contributed by atoms with van der Waals surface area (Å²) in [6.07, 6.45) is 1.30. The minimum absolute atomic E-state index is 0.0886. The first-order valence-corrected chi connectivity index (χ1v) is 16.0. The fraction of sp³-hybridized carbons (Fsp3) is 0.364. The van der Waals surface area contributed by atoms with E-state index in [1.165, 1.54) is 24.3 Å². The van der Waals surface area contributed by atoms with E-state index in [2.05, 4.69) is 20.1 Å². The molecular weight excluding hydrogens is 620 g/mol. The second-order valence-electron chi connectivity index (χ2n) is 12.4. The first-order chi connectivity index (χ1) is 21.7. The van der Waals surface area contributed by atoms with Crippen LogP contribution in [0.15, 0.2) is 73.1 Å². The lowest BCUT2D eigenvalue weighted by Gasteiger charge is -2.30. The summed E-state index contributed by atoms with van der Waals surface area (Å²) in [5.74, 6) is -1.28. The number of benzene rings is 2. The van der Waals surface area contributed by atoms with Gasteiger partial charge < -0.3 is 15.6 Å². The average molecular weight is 657 g/mol. The number of anilines is 1. The number of carbonyl (C=O) groups is 1. The van der Waals surface area contributed by atoms with Crippen LogP contribution >= 0.6 is 0 Å². The number of pyridine rings is 1. The molecule has 1 aliphatic carbocycles. The molecule has 8 nitrogen and oxygen atoms in total. The third kappa shape index (κ3) is 7.95. The molecule has 0 saturated heterocycles. The van der Waals surface area contributed by atoms with E-state index in [1.54, 1.807) is 24.4 Å². The van der Waals surface area contributed by atoms with Gasteiger partial charge in [-0.05, 0) is 98.9 Å². The van der Waals surface area contributed by atoms with Gasteiger partial charge in [0.25, 0.3) is 5.91 Å². The molecule has 244 valence electrons.